The third-order valence-corrected chi connectivity index (χ3v) is 25.7. The fraction of sp³-hybridized carbons (Fsp3) is 0.229. The quantitative estimate of drug-likeness (QED) is 0.0531. The third kappa shape index (κ3) is 20.8. The first-order chi connectivity index (χ1) is 58.6. The molecular formula is C96H91BBr4N6O15S. The fourth-order valence-corrected chi connectivity index (χ4v) is 17.4. The maximum absolute atomic E-state index is 13.4. The number of aromatic nitrogens is 3. The summed E-state index contributed by atoms with van der Waals surface area (Å²) in [6.07, 6.45) is 6.87. The molecule has 632 valence electrons. The van der Waals surface area contributed by atoms with Gasteiger partial charge in [0.1, 0.15) is 6.33 Å². The molecule has 6 amide bonds. The third-order valence-electron chi connectivity index (χ3n) is 22.0. The Morgan fingerprint density at radius 2 is 0.789 bits per heavy atom. The molecule has 10 aromatic carbocycles. The number of benzene rings is 10. The normalized spacial score (nSPS) is 14.0. The summed E-state index contributed by atoms with van der Waals surface area (Å²) in [7, 11) is -4.28. The standard InChI is InChI=1S/C30H24N4O4S.C23H26BNO4.C17H14BrNO2.C9H9BrO2.C9H11BrO.C8H7BrO2/c1-3-20-16-21(10-11-22(20)17-33-29(35)24-6-4-5-7-25(24)30(33)36)27-26-14-15-34(28(26)32-18-31-27)39(37,38)23-12-8-19(2)9-13-23;1-6-15-13-17(24-28-22(2,3)23(4,5)29-24)12-11-16(15)14-25-20(26)18-9-7-8-10-19(18)21(25)27;1-2-11-9-13(18)8-7-12(11)10-19-16(20)14-5-3-4-6-15(14)17(19)21;1-2-6-5-7(10)3-4-8(6)9(11)12;1-2-7-5-9(10)4-3-8(7)6-11;1-5-4-6(9)2-3-7(5)8(10)11/h4-16,18H,3,17H2,1-2H3;7-13H,6,14H2,1-5H3;3-9H,2,10H2,1H3;3-5H,2H2,1H3,(H,11,12);3-5,11H,2,6H2,1H3;2-4H,1H3,(H,10,11). The topological polar surface area (TPSA) is 290 Å². The Kier molecular flexibility index (Phi) is 30.2. The molecular weight excluding hydrogens is 1840 g/mol. The molecule has 0 spiro atoms. The summed E-state index contributed by atoms with van der Waals surface area (Å²) in [5.41, 5.74) is 16.2. The van der Waals surface area contributed by atoms with Crippen LogP contribution in [0.5, 0.6) is 0 Å². The average Bonchev–Trinajstić information content (AvgIpc) is 1.61. The number of carboxylic acids is 2. The largest absolute Gasteiger partial charge is 0.494 e. The van der Waals surface area contributed by atoms with Crippen molar-refractivity contribution >= 4 is 145 Å². The predicted octanol–water partition coefficient (Wildman–Crippen LogP) is 19.8. The second kappa shape index (κ2) is 40.1. The predicted molar refractivity (Wildman–Crippen MR) is 489 cm³/mol. The zero-order valence-electron chi connectivity index (χ0n) is 69.6. The minimum Gasteiger partial charge on any atom is -0.478 e. The number of amides is 6. The van der Waals surface area contributed by atoms with Crippen LogP contribution in [0.3, 0.4) is 0 Å². The molecule has 4 aliphatic rings. The second-order valence-corrected chi connectivity index (χ2v) is 35.8. The number of nitrogens with zero attached hydrogens (tertiary/aromatic N) is 6. The van der Waals surface area contributed by atoms with E-state index in [1.54, 1.807) is 140 Å². The van der Waals surface area contributed by atoms with Crippen molar-refractivity contribution in [3.63, 3.8) is 0 Å². The molecule has 6 heterocycles. The number of hydrogen-bond acceptors (Lipinski definition) is 15. The lowest BCUT2D eigenvalue weighted by Crippen LogP contribution is -2.41. The zero-order valence-corrected chi connectivity index (χ0v) is 76.8. The summed E-state index contributed by atoms with van der Waals surface area (Å²) in [6.45, 7) is 22.8. The van der Waals surface area contributed by atoms with Crippen LogP contribution in [-0.2, 0) is 77.7 Å². The van der Waals surface area contributed by atoms with E-state index in [0.29, 0.717) is 68.6 Å². The van der Waals surface area contributed by atoms with Crippen LogP contribution in [0, 0.1) is 13.8 Å². The number of fused-ring (bicyclic) bond motifs is 4. The number of carbonyl (C=O) groups excluding carboxylic acids is 6. The number of aliphatic hydroxyl groups excluding tert-OH is 1. The van der Waals surface area contributed by atoms with Gasteiger partial charge in [-0.2, -0.15) is 0 Å². The zero-order chi connectivity index (χ0) is 89.1. The van der Waals surface area contributed by atoms with Gasteiger partial charge in [0.2, 0.25) is 0 Å². The van der Waals surface area contributed by atoms with E-state index in [1.165, 1.54) is 36.8 Å². The van der Waals surface area contributed by atoms with Crippen LogP contribution in [-0.4, -0.2) is 118 Å². The van der Waals surface area contributed by atoms with Gasteiger partial charge >= 0.3 is 19.1 Å². The Hall–Kier alpha value is -11.0. The molecule has 21 nitrogen and oxygen atoms in total. The molecule has 3 N–H and O–H groups in total. The number of hydrogen-bond donors (Lipinski definition) is 3. The molecule has 0 unspecified atom stereocenters. The van der Waals surface area contributed by atoms with Gasteiger partial charge in [-0.05, 0) is 256 Å². The second-order valence-electron chi connectivity index (χ2n) is 30.3. The fourth-order valence-electron chi connectivity index (χ4n) is 14.4. The van der Waals surface area contributed by atoms with Crippen LogP contribution in [0.15, 0.2) is 248 Å². The van der Waals surface area contributed by atoms with Crippen LogP contribution < -0.4 is 5.46 Å². The molecule has 0 atom stereocenters. The van der Waals surface area contributed by atoms with E-state index in [2.05, 4.69) is 101 Å². The van der Waals surface area contributed by atoms with E-state index < -0.39 is 40.3 Å². The van der Waals surface area contributed by atoms with Crippen molar-refractivity contribution in [1.82, 2.24) is 28.6 Å². The molecule has 2 aromatic heterocycles. The van der Waals surface area contributed by atoms with Gasteiger partial charge in [-0.25, -0.2) is 31.9 Å². The minimum absolute atomic E-state index is 0.135. The van der Waals surface area contributed by atoms with Gasteiger partial charge < -0.3 is 24.6 Å². The van der Waals surface area contributed by atoms with Crippen LogP contribution in [0.25, 0.3) is 22.3 Å². The summed E-state index contributed by atoms with van der Waals surface area (Å²) in [4.78, 5) is 110. The minimum atomic E-state index is -3.85. The lowest BCUT2D eigenvalue weighted by molar-refractivity contribution is 0.00578. The van der Waals surface area contributed by atoms with Crippen LogP contribution in [0.1, 0.15) is 206 Å². The van der Waals surface area contributed by atoms with Crippen LogP contribution >= 0.6 is 63.7 Å². The number of carboxylic acid groups (broad SMARTS) is 2. The number of aliphatic hydroxyl groups is 1. The average molecular weight is 1930 g/mol. The summed E-state index contributed by atoms with van der Waals surface area (Å²) in [6, 6.07) is 63.1. The van der Waals surface area contributed by atoms with Crippen molar-refractivity contribution in [2.24, 2.45) is 0 Å². The molecule has 1 saturated heterocycles. The highest BCUT2D eigenvalue weighted by molar-refractivity contribution is 9.11. The molecule has 123 heavy (non-hydrogen) atoms. The van der Waals surface area contributed by atoms with Crippen molar-refractivity contribution < 1.29 is 71.4 Å². The van der Waals surface area contributed by atoms with Crippen molar-refractivity contribution in [1.29, 1.82) is 0 Å². The van der Waals surface area contributed by atoms with Crippen LogP contribution in [0.2, 0.25) is 0 Å². The highest BCUT2D eigenvalue weighted by atomic mass is 79.9. The Balaban J connectivity index is 0.000000155. The van der Waals surface area contributed by atoms with Gasteiger partial charge in [0.25, 0.3) is 45.5 Å². The van der Waals surface area contributed by atoms with Gasteiger partial charge in [-0.1, -0.05) is 195 Å². The first kappa shape index (κ1) is 92.7. The summed E-state index contributed by atoms with van der Waals surface area (Å²) in [5, 5.41) is 26.9. The number of halogens is 4. The molecule has 0 saturated carbocycles. The van der Waals surface area contributed by atoms with Gasteiger partial charge in [0, 0.05) is 35.0 Å². The molecule has 0 bridgehead atoms. The van der Waals surface area contributed by atoms with Gasteiger partial charge in [-0.3, -0.25) is 43.5 Å². The number of aryl methyl sites for hydroxylation is 7. The molecule has 16 rings (SSSR count). The smallest absolute Gasteiger partial charge is 0.478 e. The summed E-state index contributed by atoms with van der Waals surface area (Å²) < 4.78 is 44.1. The SMILES string of the molecule is CCc1cc(-c2ncnc3c2ccn3S(=O)(=O)c2ccc(C)cc2)ccc1CN1C(=O)c2ccccc2C1=O.CCc1cc(B2OC(C)(C)C(C)(C)O2)ccc1CN1C(=O)c2ccccc2C1=O.CCc1cc(Br)ccc1C(=O)O.CCc1cc(Br)ccc1CN1C(=O)c2ccccc2C1=O.CCc1cc(Br)ccc1CO.Cc1cc(Br)ccc1C(=O)O. The van der Waals surface area contributed by atoms with Crippen molar-refractivity contribution in [2.75, 3.05) is 0 Å². The van der Waals surface area contributed by atoms with E-state index in [1.807, 2.05) is 121 Å². The first-order valence-electron chi connectivity index (χ1n) is 39.8. The maximum Gasteiger partial charge on any atom is 0.494 e. The van der Waals surface area contributed by atoms with Crippen molar-refractivity contribution in [2.45, 2.75) is 151 Å². The Morgan fingerprint density at radius 1 is 0.423 bits per heavy atom. The van der Waals surface area contributed by atoms with Gasteiger partial charge in [-0.15, -0.1) is 0 Å². The monoisotopic (exact) mass is 1930 g/mol. The van der Waals surface area contributed by atoms with Gasteiger partial charge in [0.15, 0.2) is 5.65 Å². The highest BCUT2D eigenvalue weighted by Crippen LogP contribution is 2.38. The molecule has 12 aromatic rings. The van der Waals surface area contributed by atoms with Crippen molar-refractivity contribution in [3.8, 4) is 11.3 Å². The lowest BCUT2D eigenvalue weighted by Gasteiger charge is -2.32. The number of rotatable bonds is 18. The van der Waals surface area contributed by atoms with E-state index in [4.69, 9.17) is 24.6 Å². The molecule has 27 heteroatoms. The number of imide groups is 3. The maximum atomic E-state index is 13.4. The van der Waals surface area contributed by atoms with Crippen molar-refractivity contribution in [3.05, 3.63) is 348 Å². The van der Waals surface area contributed by atoms with Gasteiger partial charge in [0.05, 0.1) is 92.5 Å². The number of aromatic carboxylic acids is 2. The molecule has 4 aliphatic heterocycles. The summed E-state index contributed by atoms with van der Waals surface area (Å²) in [5.74, 6) is -3.22. The number of carbonyl (C=O) groups is 8. The first-order valence-corrected chi connectivity index (χ1v) is 44.5. The summed E-state index contributed by atoms with van der Waals surface area (Å²) >= 11 is 13.4. The highest BCUT2D eigenvalue weighted by Gasteiger charge is 2.52. The molecule has 0 radical (unpaired) electrons. The van der Waals surface area contributed by atoms with E-state index in [-0.39, 0.29) is 65.7 Å². The Bertz CT molecular complexity index is 6090. The molecule has 1 fully saturated rings. The Labute approximate surface area is 749 Å². The Morgan fingerprint density at radius 3 is 1.20 bits per heavy atom. The molecule has 0 aliphatic carbocycles. The van der Waals surface area contributed by atoms with Crippen LogP contribution in [0.4, 0.5) is 0 Å². The van der Waals surface area contributed by atoms with E-state index in [0.717, 1.165) is 110 Å². The lowest BCUT2D eigenvalue weighted by atomic mass is 9.77. The van der Waals surface area contributed by atoms with E-state index in [9.17, 15) is 46.8 Å². The van der Waals surface area contributed by atoms with E-state index >= 15 is 0 Å².